The first-order valence-electron chi connectivity index (χ1n) is 12.0. The van der Waals surface area contributed by atoms with Gasteiger partial charge >= 0.3 is 0 Å². The number of thiazole rings is 1. The lowest BCUT2D eigenvalue weighted by molar-refractivity contribution is -0.117. The SMILES string of the molecule is CCc1ccc2nc(N3C(=O)C(O)=C(C(=O)c4cc5cccc(OC)c5o4)C3c3ccc(O)cc3)sc2c1. The van der Waals surface area contributed by atoms with Crippen molar-refractivity contribution in [1.29, 1.82) is 0 Å². The van der Waals surface area contributed by atoms with E-state index in [1.807, 2.05) is 18.2 Å². The van der Waals surface area contributed by atoms with Crippen molar-refractivity contribution in [1.82, 2.24) is 4.98 Å². The van der Waals surface area contributed by atoms with Crippen molar-refractivity contribution in [2.75, 3.05) is 12.0 Å². The van der Waals surface area contributed by atoms with Gasteiger partial charge in [0.15, 0.2) is 28.0 Å². The van der Waals surface area contributed by atoms with E-state index in [9.17, 15) is 19.8 Å². The molecule has 9 heteroatoms. The topological polar surface area (TPSA) is 113 Å². The molecule has 38 heavy (non-hydrogen) atoms. The summed E-state index contributed by atoms with van der Waals surface area (Å²) >= 11 is 1.31. The van der Waals surface area contributed by atoms with Crippen molar-refractivity contribution in [2.45, 2.75) is 19.4 Å². The zero-order valence-electron chi connectivity index (χ0n) is 20.5. The molecule has 6 rings (SSSR count). The van der Waals surface area contributed by atoms with Crippen LogP contribution in [-0.2, 0) is 11.2 Å². The number of hydrogen-bond acceptors (Lipinski definition) is 8. The van der Waals surface area contributed by atoms with Crippen LogP contribution in [0.15, 0.2) is 82.5 Å². The van der Waals surface area contributed by atoms with Gasteiger partial charge in [-0.05, 0) is 53.9 Å². The fourth-order valence-electron chi connectivity index (χ4n) is 4.73. The predicted molar refractivity (Wildman–Crippen MR) is 144 cm³/mol. The van der Waals surface area contributed by atoms with Crippen LogP contribution < -0.4 is 9.64 Å². The van der Waals surface area contributed by atoms with Gasteiger partial charge in [-0.1, -0.05) is 48.6 Å². The van der Waals surface area contributed by atoms with Crippen molar-refractivity contribution in [3.63, 3.8) is 0 Å². The lowest BCUT2D eigenvalue weighted by atomic mass is 9.95. The first-order chi connectivity index (χ1) is 18.4. The number of Topliss-reactive ketones (excluding diaryl/α,β-unsaturated/α-hetero) is 1. The standard InChI is InChI=1S/C29H22N2O6S/c1-3-15-7-12-19-22(13-15)38-29(30-19)31-24(16-8-10-18(32)11-9-16)23(26(34)28(31)35)25(33)21-14-17-5-4-6-20(36-2)27(17)37-21/h4-14,24,32,34H,3H2,1-2H3. The molecular weight excluding hydrogens is 504 g/mol. The minimum Gasteiger partial charge on any atom is -0.508 e. The van der Waals surface area contributed by atoms with Crippen molar-refractivity contribution >= 4 is 49.3 Å². The number of aliphatic hydroxyl groups excluding tert-OH is 1. The predicted octanol–water partition coefficient (Wildman–Crippen LogP) is 6.10. The van der Waals surface area contributed by atoms with Crippen molar-refractivity contribution in [3.8, 4) is 11.5 Å². The number of anilines is 1. The van der Waals surface area contributed by atoms with E-state index in [2.05, 4.69) is 11.9 Å². The van der Waals surface area contributed by atoms with E-state index in [0.717, 1.165) is 16.7 Å². The van der Waals surface area contributed by atoms with E-state index in [1.54, 1.807) is 36.4 Å². The summed E-state index contributed by atoms with van der Waals surface area (Å²) in [4.78, 5) is 33.4. The highest BCUT2D eigenvalue weighted by Gasteiger charge is 2.46. The van der Waals surface area contributed by atoms with Gasteiger partial charge in [0, 0.05) is 5.39 Å². The number of methoxy groups -OCH3 is 1. The normalized spacial score (nSPS) is 15.7. The Morgan fingerprint density at radius 2 is 1.89 bits per heavy atom. The number of para-hydroxylation sites is 1. The molecule has 0 saturated carbocycles. The van der Waals surface area contributed by atoms with Gasteiger partial charge in [0.05, 0.1) is 28.9 Å². The van der Waals surface area contributed by atoms with Crippen LogP contribution in [0.5, 0.6) is 11.5 Å². The summed E-state index contributed by atoms with van der Waals surface area (Å²) in [6.45, 7) is 2.06. The maximum Gasteiger partial charge on any atom is 0.296 e. The minimum atomic E-state index is -0.989. The molecule has 1 aliphatic heterocycles. The van der Waals surface area contributed by atoms with E-state index in [0.29, 0.717) is 32.9 Å². The molecule has 2 N–H and O–H groups in total. The van der Waals surface area contributed by atoms with Crippen LogP contribution in [0.2, 0.25) is 0 Å². The first-order valence-corrected chi connectivity index (χ1v) is 12.8. The summed E-state index contributed by atoms with van der Waals surface area (Å²) in [6.07, 6.45) is 0.852. The van der Waals surface area contributed by atoms with Crippen molar-refractivity contribution in [2.24, 2.45) is 0 Å². The van der Waals surface area contributed by atoms with Gasteiger partial charge in [0.1, 0.15) is 5.75 Å². The van der Waals surface area contributed by atoms with E-state index in [1.165, 1.54) is 35.5 Å². The molecule has 5 aromatic rings. The highest BCUT2D eigenvalue weighted by atomic mass is 32.1. The quantitative estimate of drug-likeness (QED) is 0.257. The number of ketones is 1. The second-order valence-electron chi connectivity index (χ2n) is 8.90. The number of aromatic hydroxyl groups is 1. The number of hydrogen-bond donors (Lipinski definition) is 2. The zero-order valence-corrected chi connectivity index (χ0v) is 21.3. The Balaban J connectivity index is 1.50. The molecule has 0 radical (unpaired) electrons. The Morgan fingerprint density at radius 3 is 2.63 bits per heavy atom. The molecule has 1 aliphatic rings. The maximum atomic E-state index is 13.9. The zero-order chi connectivity index (χ0) is 26.6. The Labute approximate surface area is 221 Å². The van der Waals surface area contributed by atoms with Crippen LogP contribution in [0, 0.1) is 0 Å². The first kappa shape index (κ1) is 23.7. The Bertz CT molecular complexity index is 1770. The van der Waals surface area contributed by atoms with E-state index in [4.69, 9.17) is 9.15 Å². The van der Waals surface area contributed by atoms with E-state index < -0.39 is 23.5 Å². The highest BCUT2D eigenvalue weighted by molar-refractivity contribution is 7.22. The maximum absolute atomic E-state index is 13.9. The smallest absolute Gasteiger partial charge is 0.296 e. The van der Waals surface area contributed by atoms with Gasteiger partial charge < -0.3 is 19.4 Å². The molecule has 1 unspecified atom stereocenters. The lowest BCUT2D eigenvalue weighted by Crippen LogP contribution is -2.30. The Hall–Kier alpha value is -4.63. The summed E-state index contributed by atoms with van der Waals surface area (Å²) in [5, 5.41) is 21.9. The molecule has 8 nitrogen and oxygen atoms in total. The average molecular weight is 527 g/mol. The van der Waals surface area contributed by atoms with Gasteiger partial charge in [-0.15, -0.1) is 0 Å². The Morgan fingerprint density at radius 1 is 1.11 bits per heavy atom. The number of amides is 1. The van der Waals surface area contributed by atoms with Crippen LogP contribution >= 0.6 is 11.3 Å². The number of nitrogens with zero attached hydrogens (tertiary/aromatic N) is 2. The lowest BCUT2D eigenvalue weighted by Gasteiger charge is -2.24. The molecule has 2 aromatic heterocycles. The molecule has 1 atom stereocenters. The number of aliphatic hydroxyl groups is 1. The monoisotopic (exact) mass is 526 g/mol. The van der Waals surface area contributed by atoms with Gasteiger partial charge in [0.25, 0.3) is 5.91 Å². The number of ether oxygens (including phenoxy) is 1. The molecular formula is C29H22N2O6S. The molecule has 190 valence electrons. The largest absolute Gasteiger partial charge is 0.508 e. The van der Waals surface area contributed by atoms with Crippen LogP contribution in [0.4, 0.5) is 5.13 Å². The summed E-state index contributed by atoms with van der Waals surface area (Å²) < 4.78 is 12.1. The molecule has 0 saturated heterocycles. The number of rotatable bonds is 6. The van der Waals surface area contributed by atoms with Crippen LogP contribution in [0.25, 0.3) is 21.2 Å². The van der Waals surface area contributed by atoms with Crippen molar-refractivity contribution < 1.29 is 29.0 Å². The van der Waals surface area contributed by atoms with Gasteiger partial charge in [-0.3, -0.25) is 14.5 Å². The number of aromatic nitrogens is 1. The minimum absolute atomic E-state index is 0.0298. The third kappa shape index (κ3) is 3.71. The van der Waals surface area contributed by atoms with Gasteiger partial charge in [0.2, 0.25) is 5.78 Å². The Kier molecular flexibility index (Phi) is 5.65. The van der Waals surface area contributed by atoms with Crippen LogP contribution in [0.1, 0.15) is 34.6 Å². The molecule has 0 aliphatic carbocycles. The summed E-state index contributed by atoms with van der Waals surface area (Å²) in [5.41, 5.74) is 2.62. The number of phenolic OH excluding ortho intramolecular Hbond substituents is 1. The average Bonchev–Trinajstić information content (AvgIpc) is 3.62. The number of carbonyl (C=O) groups excluding carboxylic acids is 2. The molecule has 0 bridgehead atoms. The molecule has 3 heterocycles. The van der Waals surface area contributed by atoms with Gasteiger partial charge in [-0.2, -0.15) is 0 Å². The number of phenols is 1. The molecule has 0 fully saturated rings. The number of aryl methyl sites for hydroxylation is 1. The second kappa shape index (κ2) is 9.04. The third-order valence-corrected chi connectivity index (χ3v) is 7.69. The molecule has 3 aromatic carbocycles. The number of furan rings is 1. The number of benzene rings is 3. The third-order valence-electron chi connectivity index (χ3n) is 6.67. The highest BCUT2D eigenvalue weighted by Crippen LogP contribution is 2.45. The van der Waals surface area contributed by atoms with E-state index in [-0.39, 0.29) is 17.1 Å². The summed E-state index contributed by atoms with van der Waals surface area (Å²) in [7, 11) is 1.50. The summed E-state index contributed by atoms with van der Waals surface area (Å²) in [5.74, 6) is -1.60. The molecule has 0 spiro atoms. The van der Waals surface area contributed by atoms with Gasteiger partial charge in [-0.25, -0.2) is 4.98 Å². The van der Waals surface area contributed by atoms with Crippen LogP contribution in [0.3, 0.4) is 0 Å². The van der Waals surface area contributed by atoms with Crippen LogP contribution in [-0.4, -0.2) is 34.0 Å². The fraction of sp³-hybridized carbons (Fsp3) is 0.138. The summed E-state index contributed by atoms with van der Waals surface area (Å²) in [6, 6.07) is 17.9. The number of carbonyl (C=O) groups is 2. The molecule has 1 amide bonds. The number of fused-ring (bicyclic) bond motifs is 2. The second-order valence-corrected chi connectivity index (χ2v) is 9.91. The van der Waals surface area contributed by atoms with E-state index >= 15 is 0 Å². The van der Waals surface area contributed by atoms with Crippen molar-refractivity contribution in [3.05, 3.63) is 94.9 Å². The fourth-order valence-corrected chi connectivity index (χ4v) is 5.78.